The number of alkyl halides is 8. The molecule has 0 amide bonds. The van der Waals surface area contributed by atoms with Gasteiger partial charge in [0.15, 0.2) is 0 Å². The van der Waals surface area contributed by atoms with Crippen LogP contribution in [0.25, 0.3) is 22.3 Å². The van der Waals surface area contributed by atoms with Crippen LogP contribution >= 0.6 is 0 Å². The second-order valence-corrected chi connectivity index (χ2v) is 9.65. The Balaban J connectivity index is 1.39. The number of nitrogens with zero attached hydrogens (tertiary/aromatic N) is 6. The minimum atomic E-state index is -4.82. The van der Waals surface area contributed by atoms with Crippen molar-refractivity contribution in [3.8, 4) is 17.3 Å². The van der Waals surface area contributed by atoms with E-state index in [0.29, 0.717) is 37.7 Å². The predicted molar refractivity (Wildman–Crippen MR) is 129 cm³/mol. The fourth-order valence-corrected chi connectivity index (χ4v) is 4.94. The van der Waals surface area contributed by atoms with Crippen LogP contribution in [0.1, 0.15) is 54.1 Å². The summed E-state index contributed by atoms with van der Waals surface area (Å²) in [5.41, 5.74) is -2.79. The minimum absolute atomic E-state index is 0.0737. The van der Waals surface area contributed by atoms with Gasteiger partial charge in [-0.15, -0.1) is 0 Å². The van der Waals surface area contributed by atoms with Gasteiger partial charge in [0.2, 0.25) is 5.95 Å². The maximum atomic E-state index is 13.7. The summed E-state index contributed by atoms with van der Waals surface area (Å²) >= 11 is 0. The Morgan fingerprint density at radius 2 is 1.85 bits per heavy atom. The molecule has 16 heteroatoms. The fraction of sp³-hybridized carbons (Fsp3) is 0.400. The number of nitriles is 1. The van der Waals surface area contributed by atoms with Crippen molar-refractivity contribution in [3.63, 3.8) is 0 Å². The number of nitrogens with one attached hydrogen (secondary N) is 2. The minimum Gasteiger partial charge on any atom is -0.351 e. The molecule has 5 rings (SSSR count). The van der Waals surface area contributed by atoms with Crippen LogP contribution in [0.5, 0.6) is 0 Å². The van der Waals surface area contributed by atoms with Gasteiger partial charge in [0.1, 0.15) is 29.5 Å². The van der Waals surface area contributed by atoms with E-state index >= 15 is 0 Å². The first-order valence-corrected chi connectivity index (χ1v) is 12.3. The van der Waals surface area contributed by atoms with Crippen molar-refractivity contribution < 1.29 is 35.1 Å². The number of halogens is 8. The summed E-state index contributed by atoms with van der Waals surface area (Å²) in [6.07, 6.45) is -7.25. The van der Waals surface area contributed by atoms with Crippen LogP contribution in [0.2, 0.25) is 0 Å². The average molecular weight is 584 g/mol. The van der Waals surface area contributed by atoms with Crippen molar-refractivity contribution in [3.05, 3.63) is 53.2 Å². The van der Waals surface area contributed by atoms with Gasteiger partial charge in [-0.2, -0.15) is 36.7 Å². The Kier molecular flexibility index (Phi) is 7.30. The molecule has 8 nitrogen and oxygen atoms in total. The molecule has 3 aromatic heterocycles. The normalized spacial score (nSPS) is 18.1. The van der Waals surface area contributed by atoms with E-state index < -0.39 is 42.1 Å². The number of anilines is 1. The van der Waals surface area contributed by atoms with Gasteiger partial charge >= 0.3 is 12.4 Å². The third-order valence-corrected chi connectivity index (χ3v) is 6.77. The van der Waals surface area contributed by atoms with Gasteiger partial charge in [-0.05, 0) is 31.4 Å². The van der Waals surface area contributed by atoms with E-state index in [1.165, 1.54) is 0 Å². The van der Waals surface area contributed by atoms with E-state index in [-0.39, 0.29) is 40.1 Å². The molecule has 1 aliphatic rings. The second-order valence-electron chi connectivity index (χ2n) is 9.65. The van der Waals surface area contributed by atoms with Gasteiger partial charge in [-0.25, -0.2) is 23.7 Å². The number of aromatic nitrogens is 6. The predicted octanol–water partition coefficient (Wildman–Crippen LogP) is 6.53. The summed E-state index contributed by atoms with van der Waals surface area (Å²) in [6.45, 7) is -0.795. The number of hydrogen-bond donors (Lipinski definition) is 2. The highest BCUT2D eigenvalue weighted by Crippen LogP contribution is 2.38. The van der Waals surface area contributed by atoms with Crippen molar-refractivity contribution in [1.82, 2.24) is 29.7 Å². The van der Waals surface area contributed by atoms with Crippen LogP contribution in [-0.4, -0.2) is 42.2 Å². The molecule has 1 saturated carbocycles. The zero-order valence-electron chi connectivity index (χ0n) is 20.9. The highest BCUT2D eigenvalue weighted by atomic mass is 19.4. The zero-order chi connectivity index (χ0) is 29.5. The number of H-pyrrole nitrogens is 1. The van der Waals surface area contributed by atoms with E-state index in [0.717, 1.165) is 29.2 Å². The fourth-order valence-electron chi connectivity index (χ4n) is 4.94. The molecule has 216 valence electrons. The molecule has 0 saturated heterocycles. The maximum absolute atomic E-state index is 13.7. The molecule has 1 aliphatic carbocycles. The lowest BCUT2D eigenvalue weighted by Gasteiger charge is -2.28. The van der Waals surface area contributed by atoms with Gasteiger partial charge in [0.05, 0.1) is 28.5 Å². The molecule has 1 fully saturated rings. The van der Waals surface area contributed by atoms with Crippen molar-refractivity contribution in [1.29, 1.82) is 5.26 Å². The Bertz CT molecular complexity index is 1600. The standard InChI is InChI=1S/C25H20F8N8/c26-19(27)11-41-10-14(8-36-41)20-17(25(31,32)33)9-35-23(40-20)37-16-3-1-2-12(5-16)22-38-18-6-15(24(28,29)30)4-13(7-34)21(18)39-22/h4,6,8-10,12,16,19H,1-3,5,11H2,(H,38,39)(H,35,37,40)/t12-,16+/m0/s1. The number of imidazole rings is 1. The van der Waals surface area contributed by atoms with Gasteiger partial charge in [-0.1, -0.05) is 6.42 Å². The number of hydrogen-bond acceptors (Lipinski definition) is 6. The van der Waals surface area contributed by atoms with Crippen molar-refractivity contribution in [2.24, 2.45) is 0 Å². The monoisotopic (exact) mass is 584 g/mol. The molecule has 1 aromatic carbocycles. The van der Waals surface area contributed by atoms with Crippen LogP contribution in [-0.2, 0) is 18.9 Å². The summed E-state index contributed by atoms with van der Waals surface area (Å²) in [5.74, 6) is 0.0188. The van der Waals surface area contributed by atoms with Gasteiger partial charge < -0.3 is 10.3 Å². The molecule has 0 aliphatic heterocycles. The molecule has 3 heterocycles. The third kappa shape index (κ3) is 6.08. The second kappa shape index (κ2) is 10.6. The smallest absolute Gasteiger partial charge is 0.351 e. The van der Waals surface area contributed by atoms with E-state index in [1.54, 1.807) is 6.07 Å². The topological polar surface area (TPSA) is 108 Å². The van der Waals surface area contributed by atoms with E-state index in [1.807, 2.05) is 0 Å². The first-order valence-electron chi connectivity index (χ1n) is 12.3. The molecule has 0 bridgehead atoms. The highest BCUT2D eigenvalue weighted by Gasteiger charge is 2.36. The Hall–Kier alpha value is -4.29. The number of aromatic amines is 1. The summed E-state index contributed by atoms with van der Waals surface area (Å²) in [5, 5.41) is 16.1. The van der Waals surface area contributed by atoms with Crippen molar-refractivity contribution in [2.75, 3.05) is 5.32 Å². The number of rotatable bonds is 6. The number of fused-ring (bicyclic) bond motifs is 1. The molecule has 0 radical (unpaired) electrons. The quantitative estimate of drug-likeness (QED) is 0.250. The summed E-state index contributed by atoms with van der Waals surface area (Å²) in [7, 11) is 0. The van der Waals surface area contributed by atoms with Crippen LogP contribution in [0.4, 0.5) is 41.1 Å². The summed E-state index contributed by atoms with van der Waals surface area (Å²) in [6, 6.07) is 3.07. The van der Waals surface area contributed by atoms with Crippen molar-refractivity contribution >= 4 is 17.0 Å². The lowest BCUT2D eigenvalue weighted by Crippen LogP contribution is -2.28. The lowest BCUT2D eigenvalue weighted by molar-refractivity contribution is -0.138. The van der Waals surface area contributed by atoms with E-state index in [4.69, 9.17) is 0 Å². The zero-order valence-corrected chi connectivity index (χ0v) is 20.9. The first kappa shape index (κ1) is 28.2. The largest absolute Gasteiger partial charge is 0.419 e. The molecule has 0 unspecified atom stereocenters. The van der Waals surface area contributed by atoms with Crippen molar-refractivity contribution in [2.45, 2.75) is 63.0 Å². The van der Waals surface area contributed by atoms with E-state index in [2.05, 4.69) is 30.4 Å². The van der Waals surface area contributed by atoms with Crippen LogP contribution in [0, 0.1) is 11.3 Å². The molecule has 2 atom stereocenters. The SMILES string of the molecule is N#Cc1cc(C(F)(F)F)cc2[nH]c([C@H]3CCC[C@@H](Nc4ncc(C(F)(F)F)c(-c5cnn(CC(F)F)c5)n4)C3)nc12. The molecule has 0 spiro atoms. The molecule has 2 N–H and O–H groups in total. The Labute approximate surface area is 226 Å². The highest BCUT2D eigenvalue weighted by molar-refractivity contribution is 5.82. The molecule has 4 aromatic rings. The third-order valence-electron chi connectivity index (χ3n) is 6.77. The van der Waals surface area contributed by atoms with Crippen LogP contribution in [0.15, 0.2) is 30.7 Å². The van der Waals surface area contributed by atoms with Crippen LogP contribution in [0.3, 0.4) is 0 Å². The number of benzene rings is 1. The molecular formula is C25H20F8N8. The Morgan fingerprint density at radius 1 is 1.07 bits per heavy atom. The first-order chi connectivity index (χ1) is 19.3. The van der Waals surface area contributed by atoms with E-state index in [9.17, 15) is 40.4 Å². The average Bonchev–Trinajstić information content (AvgIpc) is 3.54. The maximum Gasteiger partial charge on any atom is 0.419 e. The van der Waals surface area contributed by atoms with Gasteiger partial charge in [-0.3, -0.25) is 4.68 Å². The molecular weight excluding hydrogens is 564 g/mol. The lowest BCUT2D eigenvalue weighted by atomic mass is 9.85. The Morgan fingerprint density at radius 3 is 2.54 bits per heavy atom. The van der Waals surface area contributed by atoms with Gasteiger partial charge in [0.25, 0.3) is 6.43 Å². The van der Waals surface area contributed by atoms with Crippen LogP contribution < -0.4 is 5.32 Å². The summed E-state index contributed by atoms with van der Waals surface area (Å²) < 4.78 is 107. The van der Waals surface area contributed by atoms with Gasteiger partial charge in [0, 0.05) is 29.9 Å². The summed E-state index contributed by atoms with van der Waals surface area (Å²) in [4.78, 5) is 15.1. The molecule has 41 heavy (non-hydrogen) atoms.